The van der Waals surface area contributed by atoms with Gasteiger partial charge in [-0.1, -0.05) is 24.3 Å². The minimum atomic E-state index is -0.0858. The summed E-state index contributed by atoms with van der Waals surface area (Å²) in [4.78, 5) is 12.2. The molecule has 3 rings (SSSR count). The molecule has 0 bridgehead atoms. The van der Waals surface area contributed by atoms with E-state index >= 15 is 0 Å². The number of fused-ring (bicyclic) bond motifs is 1. The van der Waals surface area contributed by atoms with E-state index in [-0.39, 0.29) is 11.7 Å². The summed E-state index contributed by atoms with van der Waals surface area (Å²) in [5.74, 6) is 0.134. The maximum absolute atomic E-state index is 12.2. The van der Waals surface area contributed by atoms with Gasteiger partial charge in [-0.25, -0.2) is 0 Å². The van der Waals surface area contributed by atoms with Crippen molar-refractivity contribution in [3.05, 3.63) is 47.5 Å². The predicted octanol–water partition coefficient (Wildman–Crippen LogP) is 2.40. The van der Waals surface area contributed by atoms with E-state index in [4.69, 9.17) is 0 Å². The number of phenols is 1. The van der Waals surface area contributed by atoms with E-state index in [1.165, 1.54) is 0 Å². The fourth-order valence-corrected chi connectivity index (χ4v) is 2.29. The maximum Gasteiger partial charge on any atom is 0.251 e. The second kappa shape index (κ2) is 4.98. The molecule has 1 saturated heterocycles. The number of aromatic hydroxyl groups is 1. The molecule has 0 atom stereocenters. The highest BCUT2D eigenvalue weighted by molar-refractivity contribution is 6.09. The van der Waals surface area contributed by atoms with E-state index in [9.17, 15) is 9.90 Å². The largest absolute Gasteiger partial charge is 0.507 e. The Kier molecular flexibility index (Phi) is 3.16. The van der Waals surface area contributed by atoms with Crippen LogP contribution in [0.5, 0.6) is 5.75 Å². The van der Waals surface area contributed by atoms with Crippen LogP contribution in [0.25, 0.3) is 10.8 Å². The van der Waals surface area contributed by atoms with Gasteiger partial charge in [0.2, 0.25) is 0 Å². The molecule has 4 heteroatoms. The fourth-order valence-electron chi connectivity index (χ4n) is 2.29. The molecule has 1 amide bonds. The number of benzene rings is 2. The Labute approximate surface area is 117 Å². The average Bonchev–Trinajstić information content (AvgIpc) is 2.38. The van der Waals surface area contributed by atoms with Gasteiger partial charge in [-0.15, -0.1) is 0 Å². The van der Waals surface area contributed by atoms with Crippen molar-refractivity contribution in [1.29, 1.82) is 0 Å². The Hall–Kier alpha value is -2.33. The van der Waals surface area contributed by atoms with Crippen LogP contribution >= 0.6 is 0 Å². The zero-order chi connectivity index (χ0) is 14.1. The molecule has 0 radical (unpaired) electrons. The second-order valence-electron chi connectivity index (χ2n) is 4.96. The van der Waals surface area contributed by atoms with Crippen molar-refractivity contribution < 1.29 is 9.90 Å². The highest BCUT2D eigenvalue weighted by Gasteiger charge is 2.16. The lowest BCUT2D eigenvalue weighted by atomic mass is 10.0. The third-order valence-electron chi connectivity index (χ3n) is 3.69. The number of phenolic OH excluding ortho intramolecular Hbond substituents is 1. The van der Waals surface area contributed by atoms with Gasteiger partial charge in [-0.2, -0.15) is 0 Å². The molecule has 2 aromatic carbocycles. The molecule has 4 nitrogen and oxygen atoms in total. The predicted molar refractivity (Wildman–Crippen MR) is 79.8 cm³/mol. The summed E-state index contributed by atoms with van der Waals surface area (Å²) in [6.45, 7) is 3.42. The number of anilines is 1. The zero-order valence-electron chi connectivity index (χ0n) is 11.2. The Bertz CT molecular complexity index is 713. The fraction of sp³-hybridized carbons (Fsp3) is 0.188. The van der Waals surface area contributed by atoms with Gasteiger partial charge < -0.3 is 15.7 Å². The molecular formula is C16H16N2O2. The van der Waals surface area contributed by atoms with E-state index in [0.717, 1.165) is 40.7 Å². The molecule has 1 aliphatic rings. The van der Waals surface area contributed by atoms with Gasteiger partial charge in [0.05, 0.1) is 0 Å². The third-order valence-corrected chi connectivity index (χ3v) is 3.69. The normalized spacial score (nSPS) is 13.9. The van der Waals surface area contributed by atoms with E-state index in [2.05, 4.69) is 10.6 Å². The van der Waals surface area contributed by atoms with Crippen molar-refractivity contribution in [2.24, 2.45) is 0 Å². The lowest BCUT2D eigenvalue weighted by Crippen LogP contribution is -2.36. The Morgan fingerprint density at radius 1 is 1.15 bits per heavy atom. The number of rotatable bonds is 2. The number of amides is 1. The van der Waals surface area contributed by atoms with Crippen LogP contribution in [0.15, 0.2) is 47.5 Å². The summed E-state index contributed by atoms with van der Waals surface area (Å²) in [6, 6.07) is 10.8. The minimum Gasteiger partial charge on any atom is -0.507 e. The van der Waals surface area contributed by atoms with E-state index < -0.39 is 0 Å². The molecule has 102 valence electrons. The Morgan fingerprint density at radius 3 is 2.55 bits per heavy atom. The first-order chi connectivity index (χ1) is 9.66. The topological polar surface area (TPSA) is 61.4 Å². The average molecular weight is 268 g/mol. The van der Waals surface area contributed by atoms with Crippen molar-refractivity contribution >= 4 is 22.4 Å². The number of carbonyl (C=O) groups excluding carboxylic acids is 1. The smallest absolute Gasteiger partial charge is 0.251 e. The molecule has 0 spiro atoms. The van der Waals surface area contributed by atoms with Gasteiger partial charge in [0, 0.05) is 35.1 Å². The monoisotopic (exact) mass is 268 g/mol. The van der Waals surface area contributed by atoms with Crippen LogP contribution in [0.1, 0.15) is 6.92 Å². The van der Waals surface area contributed by atoms with E-state index in [1.807, 2.05) is 31.2 Å². The summed E-state index contributed by atoms with van der Waals surface area (Å²) >= 11 is 0. The van der Waals surface area contributed by atoms with Gasteiger partial charge in [0.25, 0.3) is 5.91 Å². The van der Waals surface area contributed by atoms with Crippen LogP contribution < -0.4 is 10.6 Å². The summed E-state index contributed by atoms with van der Waals surface area (Å²) in [7, 11) is 0. The molecule has 0 saturated carbocycles. The van der Waals surface area contributed by atoms with Gasteiger partial charge >= 0.3 is 0 Å². The quantitative estimate of drug-likeness (QED) is 0.733. The summed E-state index contributed by atoms with van der Waals surface area (Å²) in [6.07, 6.45) is 0. The van der Waals surface area contributed by atoms with Crippen molar-refractivity contribution in [1.82, 2.24) is 5.32 Å². The van der Waals surface area contributed by atoms with Crippen molar-refractivity contribution in [2.75, 3.05) is 18.4 Å². The third kappa shape index (κ3) is 2.14. The number of carbonyl (C=O) groups is 1. The van der Waals surface area contributed by atoms with Crippen LogP contribution in [0.2, 0.25) is 0 Å². The second-order valence-corrected chi connectivity index (χ2v) is 4.96. The van der Waals surface area contributed by atoms with Gasteiger partial charge in [0.1, 0.15) is 5.75 Å². The zero-order valence-corrected chi connectivity index (χ0v) is 11.2. The first-order valence-electron chi connectivity index (χ1n) is 6.58. The molecule has 20 heavy (non-hydrogen) atoms. The number of nitrogens with one attached hydrogen (secondary N) is 2. The first kappa shape index (κ1) is 12.7. The minimum absolute atomic E-state index is 0.0858. The highest BCUT2D eigenvalue weighted by atomic mass is 16.3. The van der Waals surface area contributed by atoms with Crippen LogP contribution in [0, 0.1) is 0 Å². The van der Waals surface area contributed by atoms with E-state index in [0.29, 0.717) is 0 Å². The lowest BCUT2D eigenvalue weighted by Gasteiger charge is -2.21. The van der Waals surface area contributed by atoms with Crippen LogP contribution in [-0.2, 0) is 4.79 Å². The Balaban J connectivity index is 1.95. The molecular weight excluding hydrogens is 252 g/mol. The van der Waals surface area contributed by atoms with Crippen LogP contribution in [0.3, 0.4) is 0 Å². The molecule has 3 N–H and O–H groups in total. The van der Waals surface area contributed by atoms with Crippen molar-refractivity contribution in [2.45, 2.75) is 6.92 Å². The highest BCUT2D eigenvalue weighted by Crippen LogP contribution is 2.30. The summed E-state index contributed by atoms with van der Waals surface area (Å²) < 4.78 is 0. The van der Waals surface area contributed by atoms with Crippen LogP contribution in [0.4, 0.5) is 5.69 Å². The summed E-state index contributed by atoms with van der Waals surface area (Å²) in [5.41, 5.74) is 2.63. The van der Waals surface area contributed by atoms with Crippen molar-refractivity contribution in [3.8, 4) is 5.75 Å². The number of hydrogen-bond donors (Lipinski definition) is 3. The first-order valence-corrected chi connectivity index (χ1v) is 6.58. The van der Waals surface area contributed by atoms with Gasteiger partial charge in [0.15, 0.2) is 0 Å². The van der Waals surface area contributed by atoms with Gasteiger partial charge in [-0.3, -0.25) is 4.79 Å². The molecule has 1 heterocycles. The maximum atomic E-state index is 12.2. The number of hydrogen-bond acceptors (Lipinski definition) is 3. The molecule has 0 unspecified atom stereocenters. The molecule has 0 aliphatic carbocycles. The Morgan fingerprint density at radius 2 is 1.85 bits per heavy atom. The standard InChI is InChI=1S/C16H16N2O2/c1-10(11-8-17-9-11)16(20)18-14-6-2-5-13-12(14)4-3-7-15(13)19/h2-7,17,19H,8-9H2,1H3,(H,18,20). The molecule has 0 aromatic heterocycles. The molecule has 1 aliphatic heterocycles. The van der Waals surface area contributed by atoms with Crippen molar-refractivity contribution in [3.63, 3.8) is 0 Å². The lowest BCUT2D eigenvalue weighted by molar-refractivity contribution is -0.112. The molecule has 2 aromatic rings. The summed E-state index contributed by atoms with van der Waals surface area (Å²) in [5, 5.41) is 17.5. The van der Waals surface area contributed by atoms with Crippen LogP contribution in [-0.4, -0.2) is 24.1 Å². The van der Waals surface area contributed by atoms with E-state index in [1.54, 1.807) is 12.1 Å². The SMILES string of the molecule is CC(C(=O)Nc1cccc2c(O)cccc12)=C1CNC1. The van der Waals surface area contributed by atoms with Gasteiger partial charge in [-0.05, 0) is 24.6 Å². The molecule has 1 fully saturated rings.